The van der Waals surface area contributed by atoms with E-state index in [9.17, 15) is 9.59 Å². The van der Waals surface area contributed by atoms with Gasteiger partial charge in [-0.25, -0.2) is 4.98 Å². The van der Waals surface area contributed by atoms with E-state index in [1.54, 1.807) is 4.90 Å². The highest BCUT2D eigenvalue weighted by Gasteiger charge is 2.36. The predicted octanol–water partition coefficient (Wildman–Crippen LogP) is 3.87. The van der Waals surface area contributed by atoms with Crippen LogP contribution in [0.5, 0.6) is 0 Å². The molecule has 0 bridgehead atoms. The normalized spacial score (nSPS) is 17.4. The third kappa shape index (κ3) is 3.74. The molecular weight excluding hydrogens is 334 g/mol. The number of nitrogens with zero attached hydrogens (tertiary/aromatic N) is 2. The summed E-state index contributed by atoms with van der Waals surface area (Å²) in [5.41, 5.74) is 4.07. The van der Waals surface area contributed by atoms with Crippen molar-refractivity contribution in [1.82, 2.24) is 4.98 Å². The van der Waals surface area contributed by atoms with E-state index in [4.69, 9.17) is 0 Å². The molecule has 2 amide bonds. The Kier molecular flexibility index (Phi) is 4.90. The average Bonchev–Trinajstić information content (AvgIpc) is 3.14. The molecule has 1 aliphatic heterocycles. The molecule has 132 valence electrons. The van der Waals surface area contributed by atoms with E-state index in [-0.39, 0.29) is 24.2 Å². The van der Waals surface area contributed by atoms with Crippen LogP contribution in [0, 0.1) is 19.8 Å². The van der Waals surface area contributed by atoms with Gasteiger partial charge in [-0.3, -0.25) is 9.59 Å². The van der Waals surface area contributed by atoms with E-state index in [1.165, 1.54) is 11.3 Å². The predicted molar refractivity (Wildman–Crippen MR) is 101 cm³/mol. The zero-order valence-electron chi connectivity index (χ0n) is 15.0. The lowest BCUT2D eigenvalue weighted by molar-refractivity contribution is -0.122. The fourth-order valence-electron chi connectivity index (χ4n) is 3.04. The molecule has 0 saturated carbocycles. The minimum absolute atomic E-state index is 0.00545. The van der Waals surface area contributed by atoms with Crippen LogP contribution in [0.25, 0.3) is 0 Å². The number of thiazole rings is 1. The van der Waals surface area contributed by atoms with E-state index < -0.39 is 0 Å². The standard InChI is InChI=1S/C19H23N3O2S/c1-11(2)15-10-25-19(20-15)21-18(24)14-8-17(23)22(9-14)16-6-5-12(3)7-13(16)4/h5-7,10-11,14H,8-9H2,1-4H3,(H,20,21,24)/t14-/m1/s1. The van der Waals surface area contributed by atoms with Gasteiger partial charge in [0.1, 0.15) is 0 Å². The fourth-order valence-corrected chi connectivity index (χ4v) is 3.92. The number of benzene rings is 1. The average molecular weight is 357 g/mol. The van der Waals surface area contributed by atoms with Gasteiger partial charge < -0.3 is 10.2 Å². The summed E-state index contributed by atoms with van der Waals surface area (Å²) in [5, 5.41) is 5.43. The van der Waals surface area contributed by atoms with Gasteiger partial charge >= 0.3 is 0 Å². The summed E-state index contributed by atoms with van der Waals surface area (Å²) in [7, 11) is 0. The number of carbonyl (C=O) groups excluding carboxylic acids is 2. The first-order valence-electron chi connectivity index (χ1n) is 8.49. The van der Waals surface area contributed by atoms with Gasteiger partial charge in [0.25, 0.3) is 0 Å². The number of hydrogen-bond acceptors (Lipinski definition) is 4. The third-order valence-corrected chi connectivity index (χ3v) is 5.26. The minimum Gasteiger partial charge on any atom is -0.311 e. The van der Waals surface area contributed by atoms with E-state index >= 15 is 0 Å². The topological polar surface area (TPSA) is 62.3 Å². The molecule has 3 rings (SSSR count). The van der Waals surface area contributed by atoms with Gasteiger partial charge in [-0.2, -0.15) is 0 Å². The Labute approximate surface area is 152 Å². The van der Waals surface area contributed by atoms with Crippen molar-refractivity contribution in [2.24, 2.45) is 5.92 Å². The van der Waals surface area contributed by atoms with Crippen molar-refractivity contribution in [2.75, 3.05) is 16.8 Å². The van der Waals surface area contributed by atoms with E-state index in [0.29, 0.717) is 17.6 Å². The Morgan fingerprint density at radius 1 is 1.36 bits per heavy atom. The largest absolute Gasteiger partial charge is 0.311 e. The molecule has 0 spiro atoms. The molecular formula is C19H23N3O2S. The number of amides is 2. The Balaban J connectivity index is 1.69. The molecule has 1 aromatic heterocycles. The number of carbonyl (C=O) groups is 2. The summed E-state index contributed by atoms with van der Waals surface area (Å²) >= 11 is 1.43. The smallest absolute Gasteiger partial charge is 0.231 e. The van der Waals surface area contributed by atoms with Crippen LogP contribution in [-0.2, 0) is 9.59 Å². The SMILES string of the molecule is Cc1ccc(N2C[C@H](C(=O)Nc3nc(C(C)C)cs3)CC2=O)c(C)c1. The Bertz CT molecular complexity index is 813. The van der Waals surface area contributed by atoms with Crippen LogP contribution in [0.2, 0.25) is 0 Å². The van der Waals surface area contributed by atoms with Crippen LogP contribution in [0.3, 0.4) is 0 Å². The van der Waals surface area contributed by atoms with Crippen LogP contribution in [-0.4, -0.2) is 23.3 Å². The molecule has 1 saturated heterocycles. The number of aromatic nitrogens is 1. The lowest BCUT2D eigenvalue weighted by Crippen LogP contribution is -2.28. The van der Waals surface area contributed by atoms with Gasteiger partial charge in [0, 0.05) is 24.0 Å². The van der Waals surface area contributed by atoms with Crippen LogP contribution < -0.4 is 10.2 Å². The highest BCUT2D eigenvalue weighted by atomic mass is 32.1. The molecule has 2 aromatic rings. The van der Waals surface area contributed by atoms with Crippen molar-refractivity contribution in [3.05, 3.63) is 40.4 Å². The lowest BCUT2D eigenvalue weighted by atomic mass is 10.1. The summed E-state index contributed by atoms with van der Waals surface area (Å²) in [6.07, 6.45) is 0.238. The third-order valence-electron chi connectivity index (χ3n) is 4.48. The molecule has 2 heterocycles. The maximum absolute atomic E-state index is 12.5. The van der Waals surface area contributed by atoms with Gasteiger partial charge in [-0.05, 0) is 31.4 Å². The number of hydrogen-bond donors (Lipinski definition) is 1. The van der Waals surface area contributed by atoms with Crippen molar-refractivity contribution < 1.29 is 9.59 Å². The van der Waals surface area contributed by atoms with Crippen molar-refractivity contribution in [3.8, 4) is 0 Å². The summed E-state index contributed by atoms with van der Waals surface area (Å²) in [4.78, 5) is 31.1. The summed E-state index contributed by atoms with van der Waals surface area (Å²) in [6, 6.07) is 6.00. The van der Waals surface area contributed by atoms with Gasteiger partial charge in [0.2, 0.25) is 11.8 Å². The highest BCUT2D eigenvalue weighted by molar-refractivity contribution is 7.13. The van der Waals surface area contributed by atoms with Crippen molar-refractivity contribution in [2.45, 2.75) is 40.0 Å². The van der Waals surface area contributed by atoms with Gasteiger partial charge in [-0.1, -0.05) is 31.5 Å². The molecule has 1 fully saturated rings. The fraction of sp³-hybridized carbons (Fsp3) is 0.421. The lowest BCUT2D eigenvalue weighted by Gasteiger charge is -2.19. The molecule has 6 heteroatoms. The second-order valence-corrected chi connectivity index (χ2v) is 7.77. The molecule has 25 heavy (non-hydrogen) atoms. The van der Waals surface area contributed by atoms with Crippen LogP contribution in [0.4, 0.5) is 10.8 Å². The second-order valence-electron chi connectivity index (χ2n) is 6.92. The number of aryl methyl sites for hydroxylation is 2. The van der Waals surface area contributed by atoms with Crippen LogP contribution in [0.15, 0.2) is 23.6 Å². The highest BCUT2D eigenvalue weighted by Crippen LogP contribution is 2.29. The first-order valence-corrected chi connectivity index (χ1v) is 9.37. The molecule has 0 radical (unpaired) electrons. The van der Waals surface area contributed by atoms with Gasteiger partial charge in [0.15, 0.2) is 5.13 Å². The first-order chi connectivity index (χ1) is 11.8. The molecule has 1 aromatic carbocycles. The maximum atomic E-state index is 12.5. The number of nitrogens with one attached hydrogen (secondary N) is 1. The summed E-state index contributed by atoms with van der Waals surface area (Å²) in [5.74, 6) is -0.158. The molecule has 1 atom stereocenters. The molecule has 1 N–H and O–H groups in total. The van der Waals surface area contributed by atoms with Crippen LogP contribution >= 0.6 is 11.3 Å². The summed E-state index contributed by atoms with van der Waals surface area (Å²) < 4.78 is 0. The van der Waals surface area contributed by atoms with Crippen molar-refractivity contribution in [1.29, 1.82) is 0 Å². The number of anilines is 2. The second kappa shape index (κ2) is 6.96. The Morgan fingerprint density at radius 2 is 2.12 bits per heavy atom. The van der Waals surface area contributed by atoms with E-state index in [2.05, 4.69) is 30.2 Å². The zero-order chi connectivity index (χ0) is 18.1. The quantitative estimate of drug-likeness (QED) is 0.903. The van der Waals surface area contributed by atoms with Gasteiger partial charge in [0.05, 0.1) is 11.6 Å². The zero-order valence-corrected chi connectivity index (χ0v) is 15.8. The minimum atomic E-state index is -0.348. The number of rotatable bonds is 4. The first kappa shape index (κ1) is 17.6. The molecule has 0 unspecified atom stereocenters. The van der Waals surface area contributed by atoms with E-state index in [0.717, 1.165) is 22.5 Å². The molecule has 0 aliphatic carbocycles. The van der Waals surface area contributed by atoms with Crippen molar-refractivity contribution in [3.63, 3.8) is 0 Å². The Hall–Kier alpha value is -2.21. The Morgan fingerprint density at radius 3 is 2.76 bits per heavy atom. The summed E-state index contributed by atoms with van der Waals surface area (Å²) in [6.45, 7) is 8.57. The maximum Gasteiger partial charge on any atom is 0.231 e. The monoisotopic (exact) mass is 357 g/mol. The van der Waals surface area contributed by atoms with Gasteiger partial charge in [-0.15, -0.1) is 11.3 Å². The molecule has 5 nitrogen and oxygen atoms in total. The molecule has 1 aliphatic rings. The van der Waals surface area contributed by atoms with Crippen molar-refractivity contribution >= 4 is 34.0 Å². The van der Waals surface area contributed by atoms with E-state index in [1.807, 2.05) is 31.4 Å². The van der Waals surface area contributed by atoms with Crippen LogP contribution in [0.1, 0.15) is 43.0 Å².